The average Bonchev–Trinajstić information content (AvgIpc) is 2.68. The number of benzene rings is 1. The van der Waals surface area contributed by atoms with Crippen molar-refractivity contribution in [1.29, 1.82) is 0 Å². The Bertz CT molecular complexity index is 474. The van der Waals surface area contributed by atoms with Gasteiger partial charge in [0.1, 0.15) is 0 Å². The Morgan fingerprint density at radius 1 is 0.667 bits per heavy atom. The van der Waals surface area contributed by atoms with Crippen LogP contribution in [0.25, 0.3) is 0 Å². The fraction of sp³-hybridized carbons (Fsp3) is 0.731. The molecular formula is C26H44O. The van der Waals surface area contributed by atoms with E-state index in [4.69, 9.17) is 0 Å². The summed E-state index contributed by atoms with van der Waals surface area (Å²) in [6, 6.07) is 9.76. The van der Waals surface area contributed by atoms with Gasteiger partial charge in [-0.05, 0) is 6.42 Å². The summed E-state index contributed by atoms with van der Waals surface area (Å²) in [5.41, 5.74) is 0.617. The lowest BCUT2D eigenvalue weighted by molar-refractivity contribution is 0.0822. The Labute approximate surface area is 169 Å². The molecule has 0 heterocycles. The number of Topliss-reactive ketones (excluding diaryl/α,β-unsaturated/α-hetero) is 1. The highest BCUT2D eigenvalue weighted by molar-refractivity contribution is 5.99. The van der Waals surface area contributed by atoms with Crippen LogP contribution >= 0.6 is 0 Å². The van der Waals surface area contributed by atoms with E-state index in [-0.39, 0.29) is 11.2 Å². The third-order valence-corrected chi connectivity index (χ3v) is 5.81. The van der Waals surface area contributed by atoms with E-state index in [1.54, 1.807) is 0 Å². The normalized spacial score (nSPS) is 11.7. The van der Waals surface area contributed by atoms with E-state index in [2.05, 4.69) is 20.8 Å². The van der Waals surface area contributed by atoms with Crippen LogP contribution in [0.3, 0.4) is 0 Å². The molecule has 1 nitrogen and oxygen atoms in total. The first-order valence-corrected chi connectivity index (χ1v) is 11.7. The smallest absolute Gasteiger partial charge is 0.168 e. The minimum atomic E-state index is -0.238. The van der Waals surface area contributed by atoms with Crippen LogP contribution in [0, 0.1) is 5.41 Å². The summed E-state index contributed by atoms with van der Waals surface area (Å²) < 4.78 is 0. The van der Waals surface area contributed by atoms with Crippen LogP contribution < -0.4 is 0 Å². The van der Waals surface area contributed by atoms with Crippen molar-refractivity contribution in [3.05, 3.63) is 35.9 Å². The lowest BCUT2D eigenvalue weighted by atomic mass is 9.80. The molecule has 154 valence electrons. The zero-order valence-electron chi connectivity index (χ0n) is 18.4. The highest BCUT2D eigenvalue weighted by atomic mass is 16.1. The van der Waals surface area contributed by atoms with E-state index in [0.29, 0.717) is 0 Å². The van der Waals surface area contributed by atoms with Gasteiger partial charge in [0.25, 0.3) is 0 Å². The third kappa shape index (κ3) is 11.4. The zero-order chi connectivity index (χ0) is 19.8. The standard InChI is InChI=1S/C26H44O/c1-4-5-6-7-8-9-10-11-12-13-14-15-16-20-23-26(2,3)25(27)24-21-18-17-19-22-24/h17-19,21-22H,4-16,20,23H2,1-3H3. The van der Waals surface area contributed by atoms with Gasteiger partial charge in [0.2, 0.25) is 0 Å². The molecule has 0 aliphatic heterocycles. The molecule has 1 heteroatoms. The molecule has 0 unspecified atom stereocenters. The Balaban J connectivity index is 1.96. The van der Waals surface area contributed by atoms with Gasteiger partial charge in [0, 0.05) is 11.0 Å². The highest BCUT2D eigenvalue weighted by Gasteiger charge is 2.27. The fourth-order valence-electron chi connectivity index (χ4n) is 3.86. The number of rotatable bonds is 17. The fourth-order valence-corrected chi connectivity index (χ4v) is 3.86. The molecule has 0 radical (unpaired) electrons. The topological polar surface area (TPSA) is 17.1 Å². The quantitative estimate of drug-likeness (QED) is 0.197. The van der Waals surface area contributed by atoms with Gasteiger partial charge in [0.15, 0.2) is 5.78 Å². The van der Waals surface area contributed by atoms with Gasteiger partial charge in [0.05, 0.1) is 0 Å². The predicted molar refractivity (Wildman–Crippen MR) is 119 cm³/mol. The Morgan fingerprint density at radius 2 is 1.07 bits per heavy atom. The predicted octanol–water partition coefficient (Wildman–Crippen LogP) is 8.77. The molecule has 0 fully saturated rings. The molecule has 0 amide bonds. The molecule has 0 spiro atoms. The van der Waals surface area contributed by atoms with Crippen LogP contribution in [-0.4, -0.2) is 5.78 Å². The molecule has 1 aromatic carbocycles. The van der Waals surface area contributed by atoms with Gasteiger partial charge in [-0.1, -0.05) is 141 Å². The van der Waals surface area contributed by atoms with Crippen LogP contribution in [0.2, 0.25) is 0 Å². The molecule has 0 N–H and O–H groups in total. The number of unbranched alkanes of at least 4 members (excludes halogenated alkanes) is 13. The first-order valence-electron chi connectivity index (χ1n) is 11.7. The van der Waals surface area contributed by atoms with Crippen molar-refractivity contribution in [1.82, 2.24) is 0 Å². The molecule has 1 aromatic rings. The van der Waals surface area contributed by atoms with Crippen LogP contribution in [0.4, 0.5) is 0 Å². The van der Waals surface area contributed by atoms with Gasteiger partial charge in [-0.3, -0.25) is 4.79 Å². The minimum absolute atomic E-state index is 0.238. The lowest BCUT2D eigenvalue weighted by Crippen LogP contribution is -2.24. The van der Waals surface area contributed by atoms with E-state index in [9.17, 15) is 4.79 Å². The molecule has 0 aliphatic carbocycles. The second kappa shape index (κ2) is 14.9. The molecule has 0 aromatic heterocycles. The largest absolute Gasteiger partial charge is 0.294 e. The van der Waals surface area contributed by atoms with Crippen molar-refractivity contribution >= 4 is 5.78 Å². The molecule has 0 aliphatic rings. The monoisotopic (exact) mass is 372 g/mol. The summed E-state index contributed by atoms with van der Waals surface area (Å²) in [7, 11) is 0. The Hall–Kier alpha value is -1.11. The second-order valence-electron chi connectivity index (χ2n) is 8.93. The summed E-state index contributed by atoms with van der Waals surface area (Å²) in [6.07, 6.45) is 20.3. The van der Waals surface area contributed by atoms with Crippen molar-refractivity contribution in [2.24, 2.45) is 5.41 Å². The molecule has 0 bridgehead atoms. The summed E-state index contributed by atoms with van der Waals surface area (Å²) in [5.74, 6) is 0.290. The number of carbonyl (C=O) groups excluding carboxylic acids is 1. The van der Waals surface area contributed by atoms with Crippen LogP contribution in [0.15, 0.2) is 30.3 Å². The summed E-state index contributed by atoms with van der Waals surface area (Å²) in [4.78, 5) is 12.6. The van der Waals surface area contributed by atoms with Crippen molar-refractivity contribution in [3.63, 3.8) is 0 Å². The highest BCUT2D eigenvalue weighted by Crippen LogP contribution is 2.28. The minimum Gasteiger partial charge on any atom is -0.294 e. The van der Waals surface area contributed by atoms with Crippen molar-refractivity contribution in [2.75, 3.05) is 0 Å². The van der Waals surface area contributed by atoms with Crippen molar-refractivity contribution in [2.45, 2.75) is 117 Å². The molecule has 0 atom stereocenters. The van der Waals surface area contributed by atoms with Gasteiger partial charge < -0.3 is 0 Å². The third-order valence-electron chi connectivity index (χ3n) is 5.81. The SMILES string of the molecule is CCCCCCCCCCCCCCCCC(C)(C)C(=O)c1ccccc1. The van der Waals surface area contributed by atoms with Crippen molar-refractivity contribution in [3.8, 4) is 0 Å². The number of hydrogen-bond acceptors (Lipinski definition) is 1. The van der Waals surface area contributed by atoms with Gasteiger partial charge in [-0.2, -0.15) is 0 Å². The van der Waals surface area contributed by atoms with Crippen LogP contribution in [-0.2, 0) is 0 Å². The van der Waals surface area contributed by atoms with E-state index in [1.807, 2.05) is 30.3 Å². The van der Waals surface area contributed by atoms with Crippen LogP contribution in [0.5, 0.6) is 0 Å². The summed E-state index contributed by atoms with van der Waals surface area (Å²) in [6.45, 7) is 6.49. The van der Waals surface area contributed by atoms with Crippen LogP contribution in [0.1, 0.15) is 127 Å². The molecule has 0 saturated heterocycles. The van der Waals surface area contributed by atoms with E-state index in [0.717, 1.165) is 12.0 Å². The summed E-state index contributed by atoms with van der Waals surface area (Å²) in [5, 5.41) is 0. The van der Waals surface area contributed by atoms with Gasteiger partial charge >= 0.3 is 0 Å². The maximum Gasteiger partial charge on any atom is 0.168 e. The van der Waals surface area contributed by atoms with E-state index in [1.165, 1.54) is 89.9 Å². The van der Waals surface area contributed by atoms with Crippen molar-refractivity contribution < 1.29 is 4.79 Å². The average molecular weight is 373 g/mol. The molecule has 0 saturated carbocycles. The van der Waals surface area contributed by atoms with Gasteiger partial charge in [-0.15, -0.1) is 0 Å². The van der Waals surface area contributed by atoms with E-state index < -0.39 is 0 Å². The number of hydrogen-bond donors (Lipinski definition) is 0. The van der Waals surface area contributed by atoms with Gasteiger partial charge in [-0.25, -0.2) is 0 Å². The van der Waals surface area contributed by atoms with E-state index >= 15 is 0 Å². The summed E-state index contributed by atoms with van der Waals surface area (Å²) >= 11 is 0. The Morgan fingerprint density at radius 3 is 1.52 bits per heavy atom. The number of ketones is 1. The Kier molecular flexibility index (Phi) is 13.2. The maximum absolute atomic E-state index is 12.6. The zero-order valence-corrected chi connectivity index (χ0v) is 18.4. The molecule has 27 heavy (non-hydrogen) atoms. The molecular weight excluding hydrogens is 328 g/mol. The maximum atomic E-state index is 12.6. The number of carbonyl (C=O) groups is 1. The second-order valence-corrected chi connectivity index (χ2v) is 8.93. The molecule has 1 rings (SSSR count). The first kappa shape index (κ1) is 23.9. The first-order chi connectivity index (χ1) is 13.1. The lowest BCUT2D eigenvalue weighted by Gasteiger charge is -2.23.